The number of hydrogen-bond donors (Lipinski definition) is 0. The molecule has 0 aromatic heterocycles. The normalized spacial score (nSPS) is 11.0. The molecule has 0 aliphatic rings. The fraction of sp³-hybridized carbons (Fsp3) is 0. The third kappa shape index (κ3) is 20.9. The summed E-state index contributed by atoms with van der Waals surface area (Å²) in [6.45, 7) is 0. The van der Waals surface area contributed by atoms with Crippen molar-refractivity contribution in [1.29, 1.82) is 0 Å². The molecule has 0 N–H and O–H groups in total. The first-order valence-electron chi connectivity index (χ1n) is 50.6. The van der Waals surface area contributed by atoms with E-state index in [0.717, 1.165) is 113 Å². The molecule has 24 rings (SSSR count). The summed E-state index contributed by atoms with van der Waals surface area (Å²) in [5, 5.41) is 0. The lowest BCUT2D eigenvalue weighted by Gasteiger charge is -2.27. The summed E-state index contributed by atoms with van der Waals surface area (Å²) in [6.07, 6.45) is 0. The first kappa shape index (κ1) is 92.2. The average Bonchev–Trinajstić information content (AvgIpc) is 0.779. The van der Waals surface area contributed by atoms with E-state index in [1.807, 2.05) is 0 Å². The Balaban J connectivity index is 0.000000165. The third-order valence-electron chi connectivity index (χ3n) is 27.8. The van der Waals surface area contributed by atoms with Crippen LogP contribution >= 0.6 is 0 Å². The van der Waals surface area contributed by atoms with Crippen LogP contribution < -0.4 is 19.6 Å². The topological polar surface area (TPSA) is 13.0 Å². The molecule has 0 bridgehead atoms. The summed E-state index contributed by atoms with van der Waals surface area (Å²) >= 11 is 0. The molecule has 0 atom stereocenters. The molecule has 24 aromatic rings. The van der Waals surface area contributed by atoms with Gasteiger partial charge in [-0.15, -0.1) is 0 Å². The Labute approximate surface area is 868 Å². The van der Waals surface area contributed by atoms with Gasteiger partial charge in [-0.3, -0.25) is 0 Å². The van der Waals surface area contributed by atoms with Gasteiger partial charge in [-0.2, -0.15) is 0 Å². The van der Waals surface area contributed by atoms with E-state index in [1.54, 1.807) is 0 Å². The van der Waals surface area contributed by atoms with Gasteiger partial charge in [0.2, 0.25) is 0 Å². The van der Waals surface area contributed by atoms with Gasteiger partial charge in [0.15, 0.2) is 0 Å². The molecule has 0 amide bonds. The first-order chi connectivity index (χ1) is 73.3. The van der Waals surface area contributed by atoms with Crippen LogP contribution in [-0.4, -0.2) is 0 Å². The molecule has 148 heavy (non-hydrogen) atoms. The van der Waals surface area contributed by atoms with Gasteiger partial charge >= 0.3 is 0 Å². The summed E-state index contributed by atoms with van der Waals surface area (Å²) in [6, 6.07) is 227. The van der Waals surface area contributed by atoms with E-state index in [9.17, 15) is 0 Å². The number of nitrogens with zero attached hydrogens (tertiary/aromatic N) is 4. The number of anilines is 12. The van der Waals surface area contributed by atoms with Crippen LogP contribution in [0.3, 0.4) is 0 Å². The van der Waals surface area contributed by atoms with Crippen LogP contribution in [-0.2, 0) is 0 Å². The van der Waals surface area contributed by atoms with Crippen LogP contribution in [0.25, 0.3) is 156 Å². The third-order valence-corrected chi connectivity index (χ3v) is 27.8. The fourth-order valence-corrected chi connectivity index (χ4v) is 20.0. The minimum atomic E-state index is 1.08. The van der Waals surface area contributed by atoms with Crippen molar-refractivity contribution in [3.05, 3.63) is 631 Å². The first-order valence-corrected chi connectivity index (χ1v) is 50.6. The fourth-order valence-electron chi connectivity index (χ4n) is 20.0. The molecule has 0 heterocycles. The molecule has 0 radical (unpaired) electrons. The Hall–Kier alpha value is -19.5. The molecule has 4 nitrogen and oxygen atoms in total. The molecular weight excluding hydrogens is 1790 g/mol. The lowest BCUT2D eigenvalue weighted by molar-refractivity contribution is 1.28. The van der Waals surface area contributed by atoms with E-state index in [-0.39, 0.29) is 0 Å². The molecule has 0 aliphatic carbocycles. The van der Waals surface area contributed by atoms with Crippen LogP contribution in [0.2, 0.25) is 0 Å². The molecule has 700 valence electrons. The van der Waals surface area contributed by atoms with Crippen molar-refractivity contribution in [2.24, 2.45) is 0 Å². The Morgan fingerprint density at radius 3 is 0.277 bits per heavy atom. The summed E-state index contributed by atoms with van der Waals surface area (Å²) in [5.74, 6) is 0. The van der Waals surface area contributed by atoms with Gasteiger partial charge < -0.3 is 19.6 Å². The second kappa shape index (κ2) is 43.5. The molecule has 0 fully saturated rings. The van der Waals surface area contributed by atoms with Gasteiger partial charge in [0.05, 0.1) is 0 Å². The molecule has 0 unspecified atom stereocenters. The molecule has 0 spiro atoms. The highest BCUT2D eigenvalue weighted by atomic mass is 15.2. The van der Waals surface area contributed by atoms with Crippen LogP contribution in [0.4, 0.5) is 68.2 Å². The average molecular weight is 1890 g/mol. The van der Waals surface area contributed by atoms with Crippen molar-refractivity contribution in [3.8, 4) is 156 Å². The van der Waals surface area contributed by atoms with Crippen molar-refractivity contribution >= 4 is 68.2 Å². The van der Waals surface area contributed by atoms with Gasteiger partial charge in [-0.1, -0.05) is 473 Å². The van der Waals surface area contributed by atoms with E-state index in [0.29, 0.717) is 0 Å². The smallest absolute Gasteiger partial charge is 0.0473 e. The highest BCUT2D eigenvalue weighted by molar-refractivity contribution is 5.92. The molecule has 4 heteroatoms. The number of hydrogen-bond acceptors (Lipinski definition) is 4. The van der Waals surface area contributed by atoms with E-state index in [1.165, 1.54) is 111 Å². The van der Waals surface area contributed by atoms with Crippen LogP contribution in [0.15, 0.2) is 631 Å². The largest absolute Gasteiger partial charge is 0.311 e. The van der Waals surface area contributed by atoms with E-state index >= 15 is 0 Å². The standard InChI is InChI=1S/C78H56N2.C66H48N2/c1-7-19-57(20-8-1)65-35-43-73(44-36-65)79(77-53-69(59-23-11-3-12-24-59)51-70(54-77)60-25-13-4-14-26-60)75-47-39-67(40-48-75)63-31-33-64(34-32-63)68-41-49-76(50-42-68)80(74-45-37-66(38-46-74)58-21-9-2-10-22-58)78-55-71(61-27-15-5-16-28-61)52-72(56-78)62-29-17-6-18-30-62;1-5-13-49(14-6-1)51-21-25-53(26-22-51)57-33-41-63(42-34-57)67(61-17-9-3-10-18-61)65-45-37-59(38-46-65)55-29-31-56(32-30-55)60-39-47-66(48-40-60)68(62-19-11-4-12-20-62)64-43-35-58(36-44-64)54-27-23-52(24-28-54)50-15-7-2-8-16-50/h1-56H;1-48H. The Morgan fingerprint density at radius 1 is 0.0608 bits per heavy atom. The number of para-hydroxylation sites is 2. The summed E-state index contributed by atoms with van der Waals surface area (Å²) < 4.78 is 0. The van der Waals surface area contributed by atoms with Crippen LogP contribution in [0, 0.1) is 0 Å². The lowest BCUT2D eigenvalue weighted by Crippen LogP contribution is -2.10. The van der Waals surface area contributed by atoms with Gasteiger partial charge in [-0.05, 0) is 314 Å². The number of benzene rings is 24. The molecule has 0 saturated heterocycles. The zero-order valence-electron chi connectivity index (χ0n) is 81.8. The van der Waals surface area contributed by atoms with Crippen molar-refractivity contribution in [1.82, 2.24) is 0 Å². The molecule has 0 saturated carbocycles. The quantitative estimate of drug-likeness (QED) is 0.0536. The second-order valence-electron chi connectivity index (χ2n) is 37.2. The van der Waals surface area contributed by atoms with Gasteiger partial charge in [0.1, 0.15) is 0 Å². The van der Waals surface area contributed by atoms with Gasteiger partial charge in [0.25, 0.3) is 0 Å². The predicted molar refractivity (Wildman–Crippen MR) is 628 cm³/mol. The Bertz CT molecular complexity index is 7850. The maximum absolute atomic E-state index is 2.38. The zero-order valence-corrected chi connectivity index (χ0v) is 81.8. The predicted octanol–water partition coefficient (Wildman–Crippen LogP) is 40.6. The minimum absolute atomic E-state index is 1.08. The van der Waals surface area contributed by atoms with Crippen molar-refractivity contribution < 1.29 is 0 Å². The Kier molecular flexibility index (Phi) is 27.1. The highest BCUT2D eigenvalue weighted by Crippen LogP contribution is 2.47. The van der Waals surface area contributed by atoms with E-state index in [2.05, 4.69) is 651 Å². The number of rotatable bonds is 26. The van der Waals surface area contributed by atoms with Crippen molar-refractivity contribution in [2.45, 2.75) is 0 Å². The van der Waals surface area contributed by atoms with Crippen LogP contribution in [0.5, 0.6) is 0 Å². The summed E-state index contributed by atoms with van der Waals surface area (Å²) in [7, 11) is 0. The van der Waals surface area contributed by atoms with Crippen molar-refractivity contribution in [3.63, 3.8) is 0 Å². The molecule has 0 aliphatic heterocycles. The minimum Gasteiger partial charge on any atom is -0.311 e. The summed E-state index contributed by atoms with van der Waals surface area (Å²) in [4.78, 5) is 9.40. The molecular formula is C144H104N4. The molecule has 24 aromatic carbocycles. The SMILES string of the molecule is c1ccc(-c2ccc(-c3ccc(N(c4ccccc4)c4ccc(-c5ccc(-c6ccc(N(c7ccccc7)c7ccc(-c8ccc(-c9ccccc9)cc8)cc7)cc6)cc5)cc4)cc3)cc2)cc1.c1ccc(-c2ccc(N(c3ccc(-c4ccc(-c5ccc(N(c6ccc(-c7ccccc7)cc6)c6cc(-c7ccccc7)cc(-c7ccccc7)c6)cc5)cc4)cc3)c3cc(-c4ccccc4)cc(-c4ccccc4)c3)cc2)cc1. The van der Waals surface area contributed by atoms with Crippen LogP contribution in [0.1, 0.15) is 0 Å². The van der Waals surface area contributed by atoms with E-state index in [4.69, 9.17) is 0 Å². The van der Waals surface area contributed by atoms with Crippen molar-refractivity contribution in [2.75, 3.05) is 19.6 Å². The lowest BCUT2D eigenvalue weighted by atomic mass is 9.96. The highest BCUT2D eigenvalue weighted by Gasteiger charge is 2.23. The van der Waals surface area contributed by atoms with E-state index < -0.39 is 0 Å². The Morgan fingerprint density at radius 2 is 0.149 bits per heavy atom. The zero-order chi connectivity index (χ0) is 98.9. The summed E-state index contributed by atoms with van der Waals surface area (Å²) in [5.41, 5.74) is 46.2. The maximum Gasteiger partial charge on any atom is 0.0473 e. The monoisotopic (exact) mass is 1890 g/mol. The van der Waals surface area contributed by atoms with Gasteiger partial charge in [-0.25, -0.2) is 0 Å². The van der Waals surface area contributed by atoms with Gasteiger partial charge in [0, 0.05) is 68.2 Å². The second-order valence-corrected chi connectivity index (χ2v) is 37.2. The maximum atomic E-state index is 2.38.